The first-order valence-corrected chi connectivity index (χ1v) is 11.5. The number of hydrogen-bond donors (Lipinski definition) is 3. The summed E-state index contributed by atoms with van der Waals surface area (Å²) in [4.78, 5) is 25.4. The van der Waals surface area contributed by atoms with Crippen LogP contribution < -0.4 is 16.0 Å². The SMILES string of the molecule is CCC(C)C(NC(=O)Nc1cccc(Br)c1)C(=O)Nc1nnc(-c2ccc(C)cc2)s1. The molecule has 3 amide bonds. The average molecular weight is 502 g/mol. The molecule has 31 heavy (non-hydrogen) atoms. The number of halogens is 1. The van der Waals surface area contributed by atoms with E-state index in [9.17, 15) is 9.59 Å². The Balaban J connectivity index is 1.67. The molecule has 3 aromatic rings. The monoisotopic (exact) mass is 501 g/mol. The molecule has 9 heteroatoms. The minimum atomic E-state index is -0.719. The van der Waals surface area contributed by atoms with E-state index in [1.807, 2.05) is 57.2 Å². The van der Waals surface area contributed by atoms with Crippen LogP contribution >= 0.6 is 27.3 Å². The van der Waals surface area contributed by atoms with Crippen LogP contribution in [-0.4, -0.2) is 28.2 Å². The quantitative estimate of drug-likeness (QED) is 0.400. The van der Waals surface area contributed by atoms with Gasteiger partial charge in [-0.1, -0.05) is 83.4 Å². The first-order valence-electron chi connectivity index (χ1n) is 9.90. The molecule has 1 heterocycles. The summed E-state index contributed by atoms with van der Waals surface area (Å²) in [5.41, 5.74) is 2.72. The van der Waals surface area contributed by atoms with Crippen LogP contribution in [0.2, 0.25) is 0 Å². The molecule has 2 unspecified atom stereocenters. The molecular formula is C22H24BrN5O2S. The van der Waals surface area contributed by atoms with Gasteiger partial charge in [0, 0.05) is 15.7 Å². The summed E-state index contributed by atoms with van der Waals surface area (Å²) in [5, 5.41) is 17.7. The van der Waals surface area contributed by atoms with Crippen LogP contribution in [-0.2, 0) is 4.79 Å². The average Bonchev–Trinajstić information content (AvgIpc) is 3.20. The van der Waals surface area contributed by atoms with Crippen molar-refractivity contribution >= 4 is 50.0 Å². The van der Waals surface area contributed by atoms with Crippen LogP contribution in [0.1, 0.15) is 25.8 Å². The normalized spacial score (nSPS) is 12.6. The number of nitrogens with zero attached hydrogens (tertiary/aromatic N) is 2. The maximum atomic E-state index is 12.9. The zero-order valence-corrected chi connectivity index (χ0v) is 19.9. The second kappa shape index (κ2) is 10.5. The van der Waals surface area contributed by atoms with Gasteiger partial charge in [-0.2, -0.15) is 0 Å². The summed E-state index contributed by atoms with van der Waals surface area (Å²) in [6.45, 7) is 5.91. The molecule has 0 saturated carbocycles. The fourth-order valence-corrected chi connectivity index (χ4v) is 4.00. The predicted octanol–water partition coefficient (Wildman–Crippen LogP) is 5.45. The van der Waals surface area contributed by atoms with Crippen LogP contribution in [0.3, 0.4) is 0 Å². The van der Waals surface area contributed by atoms with Crippen molar-refractivity contribution < 1.29 is 9.59 Å². The lowest BCUT2D eigenvalue weighted by atomic mass is 9.98. The fraction of sp³-hybridized carbons (Fsp3) is 0.273. The number of amides is 3. The van der Waals surface area contributed by atoms with Crippen molar-refractivity contribution in [3.8, 4) is 10.6 Å². The number of benzene rings is 2. The zero-order chi connectivity index (χ0) is 22.4. The van der Waals surface area contributed by atoms with E-state index in [0.29, 0.717) is 10.8 Å². The van der Waals surface area contributed by atoms with E-state index in [1.165, 1.54) is 11.3 Å². The molecule has 2 aromatic carbocycles. The highest BCUT2D eigenvalue weighted by Crippen LogP contribution is 2.27. The smallest absolute Gasteiger partial charge is 0.319 e. The summed E-state index contributed by atoms with van der Waals surface area (Å²) in [6, 6.07) is 14.0. The molecule has 3 rings (SSSR count). The second-order valence-electron chi connectivity index (χ2n) is 7.24. The molecule has 0 spiro atoms. The Labute approximate surface area is 193 Å². The molecule has 0 fully saturated rings. The molecule has 0 aliphatic carbocycles. The van der Waals surface area contributed by atoms with E-state index in [0.717, 1.165) is 27.0 Å². The molecule has 162 valence electrons. The van der Waals surface area contributed by atoms with Gasteiger partial charge in [0.1, 0.15) is 11.0 Å². The number of rotatable bonds is 7. The molecule has 1 aromatic heterocycles. The molecule has 3 N–H and O–H groups in total. The third-order valence-electron chi connectivity index (χ3n) is 4.82. The number of urea groups is 1. The van der Waals surface area contributed by atoms with Gasteiger partial charge in [-0.15, -0.1) is 10.2 Å². The van der Waals surface area contributed by atoms with Crippen molar-refractivity contribution in [3.63, 3.8) is 0 Å². The molecule has 2 atom stereocenters. The summed E-state index contributed by atoms with van der Waals surface area (Å²) >= 11 is 4.66. The van der Waals surface area contributed by atoms with E-state index < -0.39 is 12.1 Å². The van der Waals surface area contributed by atoms with Gasteiger partial charge in [0.05, 0.1) is 0 Å². The van der Waals surface area contributed by atoms with E-state index in [1.54, 1.807) is 12.1 Å². The van der Waals surface area contributed by atoms with Crippen molar-refractivity contribution in [2.75, 3.05) is 10.6 Å². The Morgan fingerprint density at radius 3 is 2.52 bits per heavy atom. The van der Waals surface area contributed by atoms with Crippen LogP contribution in [0.25, 0.3) is 10.6 Å². The van der Waals surface area contributed by atoms with Crippen molar-refractivity contribution in [1.29, 1.82) is 0 Å². The number of carbonyl (C=O) groups excluding carboxylic acids is 2. The minimum absolute atomic E-state index is 0.0715. The Hall–Kier alpha value is -2.78. The highest BCUT2D eigenvalue weighted by Gasteiger charge is 2.27. The van der Waals surface area contributed by atoms with Crippen LogP contribution in [0.15, 0.2) is 53.0 Å². The Morgan fingerprint density at radius 2 is 1.84 bits per heavy atom. The topological polar surface area (TPSA) is 96.0 Å². The lowest BCUT2D eigenvalue weighted by Crippen LogP contribution is -2.49. The fourth-order valence-electron chi connectivity index (χ4n) is 2.85. The number of anilines is 2. The third-order valence-corrected chi connectivity index (χ3v) is 6.20. The van der Waals surface area contributed by atoms with Gasteiger partial charge in [0.2, 0.25) is 11.0 Å². The zero-order valence-electron chi connectivity index (χ0n) is 17.5. The van der Waals surface area contributed by atoms with E-state index in [-0.39, 0.29) is 11.8 Å². The highest BCUT2D eigenvalue weighted by molar-refractivity contribution is 9.10. The first-order chi connectivity index (χ1) is 14.9. The molecular weight excluding hydrogens is 478 g/mol. The molecule has 0 aliphatic rings. The molecule has 0 bridgehead atoms. The third kappa shape index (κ3) is 6.35. The van der Waals surface area contributed by atoms with Crippen molar-refractivity contribution in [2.45, 2.75) is 33.2 Å². The second-order valence-corrected chi connectivity index (χ2v) is 9.13. The number of carbonyl (C=O) groups is 2. The molecule has 0 radical (unpaired) electrons. The molecule has 0 aliphatic heterocycles. The first kappa shape index (κ1) is 22.9. The maximum absolute atomic E-state index is 12.9. The number of aromatic nitrogens is 2. The van der Waals surface area contributed by atoms with Crippen LogP contribution in [0.5, 0.6) is 0 Å². The predicted molar refractivity (Wildman–Crippen MR) is 128 cm³/mol. The summed E-state index contributed by atoms with van der Waals surface area (Å²) < 4.78 is 0.849. The Bertz CT molecular complexity index is 1050. The Morgan fingerprint density at radius 1 is 1.10 bits per heavy atom. The van der Waals surface area contributed by atoms with Gasteiger partial charge in [-0.3, -0.25) is 10.1 Å². The maximum Gasteiger partial charge on any atom is 0.319 e. The summed E-state index contributed by atoms with van der Waals surface area (Å²) in [5.74, 6) is -0.400. The van der Waals surface area contributed by atoms with Crippen LogP contribution in [0, 0.1) is 12.8 Å². The van der Waals surface area contributed by atoms with Gasteiger partial charge >= 0.3 is 6.03 Å². The van der Waals surface area contributed by atoms with Crippen molar-refractivity contribution in [2.24, 2.45) is 5.92 Å². The van der Waals surface area contributed by atoms with Gasteiger partial charge in [-0.25, -0.2) is 4.79 Å². The van der Waals surface area contributed by atoms with Crippen LogP contribution in [0.4, 0.5) is 15.6 Å². The lowest BCUT2D eigenvalue weighted by Gasteiger charge is -2.23. The largest absolute Gasteiger partial charge is 0.326 e. The molecule has 0 saturated heterocycles. The minimum Gasteiger partial charge on any atom is -0.326 e. The number of aryl methyl sites for hydroxylation is 1. The standard InChI is InChI=1S/C22H24BrN5O2S/c1-4-14(3)18(25-21(30)24-17-7-5-6-16(23)12-17)19(29)26-22-28-27-20(31-22)15-10-8-13(2)9-11-15/h5-12,14,18H,4H2,1-3H3,(H2,24,25,30)(H,26,28,29). The highest BCUT2D eigenvalue weighted by atomic mass is 79.9. The van der Waals surface area contributed by atoms with Gasteiger partial charge in [0.15, 0.2) is 0 Å². The lowest BCUT2D eigenvalue weighted by molar-refractivity contribution is -0.119. The van der Waals surface area contributed by atoms with Crippen molar-refractivity contribution in [1.82, 2.24) is 15.5 Å². The van der Waals surface area contributed by atoms with Gasteiger partial charge in [-0.05, 0) is 31.0 Å². The summed E-state index contributed by atoms with van der Waals surface area (Å²) in [7, 11) is 0. The van der Waals surface area contributed by atoms with E-state index in [4.69, 9.17) is 0 Å². The molecule has 7 nitrogen and oxygen atoms in total. The Kier molecular flexibility index (Phi) is 7.75. The van der Waals surface area contributed by atoms with Gasteiger partial charge in [0.25, 0.3) is 0 Å². The number of hydrogen-bond acceptors (Lipinski definition) is 5. The van der Waals surface area contributed by atoms with Gasteiger partial charge < -0.3 is 10.6 Å². The van der Waals surface area contributed by atoms with E-state index in [2.05, 4.69) is 42.1 Å². The van der Waals surface area contributed by atoms with E-state index >= 15 is 0 Å². The van der Waals surface area contributed by atoms with Crippen molar-refractivity contribution in [3.05, 3.63) is 58.6 Å². The number of nitrogens with one attached hydrogen (secondary N) is 3. The summed E-state index contributed by atoms with van der Waals surface area (Å²) in [6.07, 6.45) is 0.722.